The Morgan fingerprint density at radius 3 is 2.26 bits per heavy atom. The summed E-state index contributed by atoms with van der Waals surface area (Å²) in [6, 6.07) is 10.4. The first-order chi connectivity index (χ1) is 8.80. The fraction of sp³-hybridized carbons (Fsp3) is 0.333. The van der Waals surface area contributed by atoms with Gasteiger partial charge in [0.2, 0.25) is 0 Å². The third-order valence-electron chi connectivity index (χ3n) is 3.00. The summed E-state index contributed by atoms with van der Waals surface area (Å²) in [5.74, 6) is 0. The highest BCUT2D eigenvalue weighted by atomic mass is 79.9. The molecule has 0 radical (unpaired) electrons. The molecule has 0 aliphatic heterocycles. The topological polar surface area (TPSA) is 0 Å². The summed E-state index contributed by atoms with van der Waals surface area (Å²) >= 11 is 17.5. The molecule has 1 unspecified atom stereocenters. The number of thiophene rings is 1. The monoisotopic (exact) mass is 376 g/mol. The molecule has 0 aliphatic rings. The molecule has 1 aromatic heterocycles. The molecule has 0 amide bonds. The van der Waals surface area contributed by atoms with Gasteiger partial charge in [-0.3, -0.25) is 0 Å². The molecule has 0 N–H and O–H groups in total. The maximum atomic E-state index is 6.26. The molecule has 1 atom stereocenters. The highest BCUT2D eigenvalue weighted by Crippen LogP contribution is 2.44. The number of rotatable bonds is 2. The van der Waals surface area contributed by atoms with Gasteiger partial charge in [0, 0.05) is 5.56 Å². The molecule has 0 fully saturated rings. The van der Waals surface area contributed by atoms with E-state index in [1.54, 1.807) is 0 Å². The van der Waals surface area contributed by atoms with E-state index in [0.29, 0.717) is 0 Å². The molecule has 1 heterocycles. The fourth-order valence-corrected chi connectivity index (χ4v) is 4.67. The SMILES string of the molecule is CC(C)(C)c1ccccc1C(Br)c1cc(Cl)sc1Cl. The molecule has 0 saturated carbocycles. The quantitative estimate of drug-likeness (QED) is 0.502. The van der Waals surface area contributed by atoms with E-state index in [2.05, 4.69) is 61.0 Å². The van der Waals surface area contributed by atoms with Crippen LogP contribution in [0.15, 0.2) is 30.3 Å². The summed E-state index contributed by atoms with van der Waals surface area (Å²) in [6.07, 6.45) is 0. The first kappa shape index (κ1) is 15.4. The minimum absolute atomic E-state index is 0.0687. The van der Waals surface area contributed by atoms with Crippen molar-refractivity contribution in [3.63, 3.8) is 0 Å². The first-order valence-electron chi connectivity index (χ1n) is 5.99. The van der Waals surface area contributed by atoms with Crippen molar-refractivity contribution in [1.29, 1.82) is 0 Å². The molecule has 0 saturated heterocycles. The van der Waals surface area contributed by atoms with Crippen molar-refractivity contribution in [3.8, 4) is 0 Å². The van der Waals surface area contributed by atoms with Crippen LogP contribution in [0.2, 0.25) is 8.67 Å². The maximum absolute atomic E-state index is 6.26. The Labute approximate surface area is 136 Å². The van der Waals surface area contributed by atoms with Gasteiger partial charge in [-0.15, -0.1) is 11.3 Å². The van der Waals surface area contributed by atoms with E-state index < -0.39 is 0 Å². The van der Waals surface area contributed by atoms with Crippen molar-refractivity contribution in [1.82, 2.24) is 0 Å². The van der Waals surface area contributed by atoms with Gasteiger partial charge in [-0.05, 0) is 22.6 Å². The highest BCUT2D eigenvalue weighted by Gasteiger charge is 2.24. The molecular formula is C15H15BrCl2S. The molecule has 0 nitrogen and oxygen atoms in total. The van der Waals surface area contributed by atoms with Crippen LogP contribution in [0.5, 0.6) is 0 Å². The molecule has 2 rings (SSSR count). The van der Waals surface area contributed by atoms with Gasteiger partial charge in [0.15, 0.2) is 0 Å². The van der Waals surface area contributed by atoms with Crippen LogP contribution in [0.25, 0.3) is 0 Å². The second-order valence-electron chi connectivity index (χ2n) is 5.48. The van der Waals surface area contributed by atoms with Crippen molar-refractivity contribution in [2.45, 2.75) is 31.0 Å². The van der Waals surface area contributed by atoms with Crippen LogP contribution in [0.1, 0.15) is 42.3 Å². The summed E-state index contributed by atoms with van der Waals surface area (Å²) in [4.78, 5) is 0.0687. The number of alkyl halides is 1. The van der Waals surface area contributed by atoms with E-state index >= 15 is 0 Å². The number of halogens is 3. The predicted molar refractivity (Wildman–Crippen MR) is 90.3 cm³/mol. The Kier molecular flexibility index (Phi) is 4.67. The van der Waals surface area contributed by atoms with Crippen LogP contribution in [0, 0.1) is 0 Å². The van der Waals surface area contributed by atoms with Gasteiger partial charge in [0.25, 0.3) is 0 Å². The van der Waals surface area contributed by atoms with Gasteiger partial charge in [0.1, 0.15) is 0 Å². The molecular weight excluding hydrogens is 363 g/mol. The Bertz CT molecular complexity index is 584. The lowest BCUT2D eigenvalue weighted by Gasteiger charge is -2.25. The lowest BCUT2D eigenvalue weighted by atomic mass is 9.82. The Balaban J connectivity index is 2.50. The molecule has 4 heteroatoms. The van der Waals surface area contributed by atoms with Gasteiger partial charge in [-0.1, -0.05) is 84.2 Å². The van der Waals surface area contributed by atoms with E-state index in [4.69, 9.17) is 23.2 Å². The minimum Gasteiger partial charge on any atom is -0.111 e. The number of benzene rings is 1. The Hall–Kier alpha value is -0.0200. The van der Waals surface area contributed by atoms with Crippen LogP contribution >= 0.6 is 50.5 Å². The lowest BCUT2D eigenvalue weighted by Crippen LogP contribution is -2.15. The molecule has 1 aromatic carbocycles. The van der Waals surface area contributed by atoms with Crippen molar-refractivity contribution in [2.24, 2.45) is 0 Å². The molecule has 0 spiro atoms. The third-order valence-corrected chi connectivity index (χ3v) is 5.50. The normalized spacial score (nSPS) is 13.6. The summed E-state index contributed by atoms with van der Waals surface area (Å²) in [6.45, 7) is 6.65. The van der Waals surface area contributed by atoms with Crippen molar-refractivity contribution in [2.75, 3.05) is 0 Å². The zero-order chi connectivity index (χ0) is 14.2. The van der Waals surface area contributed by atoms with Crippen LogP contribution in [-0.2, 0) is 5.41 Å². The molecule has 0 aliphatic carbocycles. The van der Waals surface area contributed by atoms with Crippen LogP contribution in [-0.4, -0.2) is 0 Å². The lowest BCUT2D eigenvalue weighted by molar-refractivity contribution is 0.584. The van der Waals surface area contributed by atoms with Crippen LogP contribution in [0.4, 0.5) is 0 Å². The van der Waals surface area contributed by atoms with Gasteiger partial charge < -0.3 is 0 Å². The van der Waals surface area contributed by atoms with E-state index in [9.17, 15) is 0 Å². The second kappa shape index (κ2) is 5.77. The standard InChI is InChI=1S/C15H15BrCl2S/c1-15(2,3)11-7-5-4-6-9(11)13(16)10-8-12(17)19-14(10)18/h4-8,13H,1-3H3. The summed E-state index contributed by atoms with van der Waals surface area (Å²) in [5, 5.41) is 0. The zero-order valence-corrected chi connectivity index (χ0v) is 14.9. The molecule has 19 heavy (non-hydrogen) atoms. The van der Waals surface area contributed by atoms with Crippen LogP contribution < -0.4 is 0 Å². The van der Waals surface area contributed by atoms with E-state index in [0.717, 1.165) is 14.2 Å². The van der Waals surface area contributed by atoms with E-state index in [1.165, 1.54) is 22.5 Å². The summed E-state index contributed by atoms with van der Waals surface area (Å²) in [7, 11) is 0. The first-order valence-corrected chi connectivity index (χ1v) is 8.47. The molecule has 0 bridgehead atoms. The molecule has 102 valence electrons. The van der Waals surface area contributed by atoms with Crippen LogP contribution in [0.3, 0.4) is 0 Å². The second-order valence-corrected chi connectivity index (χ2v) is 8.68. The summed E-state index contributed by atoms with van der Waals surface area (Å²) < 4.78 is 1.47. The van der Waals surface area contributed by atoms with E-state index in [1.807, 2.05) is 6.07 Å². The van der Waals surface area contributed by atoms with Crippen molar-refractivity contribution in [3.05, 3.63) is 55.7 Å². The average Bonchev–Trinajstić information content (AvgIpc) is 2.66. The average molecular weight is 378 g/mol. The summed E-state index contributed by atoms with van der Waals surface area (Å²) in [5.41, 5.74) is 3.68. The highest BCUT2D eigenvalue weighted by molar-refractivity contribution is 9.09. The number of hydrogen-bond acceptors (Lipinski definition) is 1. The zero-order valence-electron chi connectivity index (χ0n) is 11.0. The third kappa shape index (κ3) is 3.36. The minimum atomic E-state index is 0.0687. The van der Waals surface area contributed by atoms with Gasteiger partial charge in [0.05, 0.1) is 13.5 Å². The van der Waals surface area contributed by atoms with Gasteiger partial charge >= 0.3 is 0 Å². The largest absolute Gasteiger partial charge is 0.111 e. The Morgan fingerprint density at radius 2 is 1.74 bits per heavy atom. The maximum Gasteiger partial charge on any atom is 0.0990 e. The predicted octanol–water partition coefficient (Wildman–Crippen LogP) is 6.84. The fourth-order valence-electron chi connectivity index (χ4n) is 2.09. The van der Waals surface area contributed by atoms with Crippen molar-refractivity contribution < 1.29 is 0 Å². The Morgan fingerprint density at radius 1 is 1.11 bits per heavy atom. The van der Waals surface area contributed by atoms with Gasteiger partial charge in [-0.2, -0.15) is 0 Å². The van der Waals surface area contributed by atoms with Crippen molar-refractivity contribution >= 4 is 50.5 Å². The van der Waals surface area contributed by atoms with Gasteiger partial charge in [-0.25, -0.2) is 0 Å². The smallest absolute Gasteiger partial charge is 0.0990 e. The van der Waals surface area contributed by atoms with E-state index in [-0.39, 0.29) is 10.2 Å². The number of hydrogen-bond donors (Lipinski definition) is 0. The molecule has 2 aromatic rings.